The molecule has 2 aromatic rings. The summed E-state index contributed by atoms with van der Waals surface area (Å²) in [5.41, 5.74) is 2.12. The summed E-state index contributed by atoms with van der Waals surface area (Å²) < 4.78 is 11.1. The average Bonchev–Trinajstić information content (AvgIpc) is 2.82. The first kappa shape index (κ1) is 23.7. The third-order valence-corrected chi connectivity index (χ3v) is 6.46. The predicted octanol–water partition coefficient (Wildman–Crippen LogP) is 5.53. The summed E-state index contributed by atoms with van der Waals surface area (Å²) in [6.45, 7) is 5.66. The normalized spacial score (nSPS) is 20.1. The molecule has 0 aliphatic heterocycles. The van der Waals surface area contributed by atoms with Gasteiger partial charge in [0.15, 0.2) is 6.10 Å². The summed E-state index contributed by atoms with van der Waals surface area (Å²) in [5, 5.41) is 0. The smallest absolute Gasteiger partial charge is 0.338 e. The molecule has 32 heavy (non-hydrogen) atoms. The van der Waals surface area contributed by atoms with Gasteiger partial charge in [0.25, 0.3) is 0 Å². The van der Waals surface area contributed by atoms with Gasteiger partial charge in [-0.05, 0) is 62.3 Å². The van der Waals surface area contributed by atoms with Gasteiger partial charge in [0.2, 0.25) is 0 Å². The maximum absolute atomic E-state index is 13.2. The Kier molecular flexibility index (Phi) is 8.20. The first-order chi connectivity index (χ1) is 15.4. The lowest BCUT2D eigenvalue weighted by Gasteiger charge is -2.32. The van der Waals surface area contributed by atoms with Gasteiger partial charge in [0.05, 0.1) is 18.1 Å². The highest BCUT2D eigenvalue weighted by atomic mass is 16.5. The molecule has 0 amide bonds. The SMILES string of the molecule is CCOC(=O)c1ccc(C(OC(=O)C2CCCC(C(C)C(C)=O)C2)c2ccccc2)cc1. The van der Waals surface area contributed by atoms with Gasteiger partial charge in [-0.15, -0.1) is 0 Å². The van der Waals surface area contributed by atoms with Crippen LogP contribution in [0.2, 0.25) is 0 Å². The minimum atomic E-state index is -0.564. The molecule has 0 spiro atoms. The lowest BCUT2D eigenvalue weighted by atomic mass is 9.74. The lowest BCUT2D eigenvalue weighted by Crippen LogP contribution is -2.30. The summed E-state index contributed by atoms with van der Waals surface area (Å²) in [6, 6.07) is 16.6. The van der Waals surface area contributed by atoms with Crippen LogP contribution in [0.3, 0.4) is 0 Å². The van der Waals surface area contributed by atoms with E-state index < -0.39 is 6.10 Å². The first-order valence-electron chi connectivity index (χ1n) is 11.4. The molecule has 5 nitrogen and oxygen atoms in total. The average molecular weight is 437 g/mol. The number of hydrogen-bond donors (Lipinski definition) is 0. The van der Waals surface area contributed by atoms with Crippen molar-refractivity contribution in [1.82, 2.24) is 0 Å². The van der Waals surface area contributed by atoms with E-state index >= 15 is 0 Å². The molecule has 4 unspecified atom stereocenters. The molecule has 1 fully saturated rings. The van der Waals surface area contributed by atoms with E-state index in [0.717, 1.165) is 30.4 Å². The van der Waals surface area contributed by atoms with E-state index in [1.165, 1.54) is 0 Å². The number of carbonyl (C=O) groups is 3. The molecular weight excluding hydrogens is 404 g/mol. The van der Waals surface area contributed by atoms with Crippen LogP contribution in [0.5, 0.6) is 0 Å². The number of ketones is 1. The van der Waals surface area contributed by atoms with Crippen molar-refractivity contribution in [3.63, 3.8) is 0 Å². The molecule has 5 heteroatoms. The molecule has 0 N–H and O–H groups in total. The summed E-state index contributed by atoms with van der Waals surface area (Å²) in [7, 11) is 0. The van der Waals surface area contributed by atoms with Gasteiger partial charge >= 0.3 is 11.9 Å². The predicted molar refractivity (Wildman–Crippen MR) is 122 cm³/mol. The van der Waals surface area contributed by atoms with Crippen LogP contribution >= 0.6 is 0 Å². The highest BCUT2D eigenvalue weighted by Crippen LogP contribution is 2.36. The summed E-state index contributed by atoms with van der Waals surface area (Å²) >= 11 is 0. The van der Waals surface area contributed by atoms with Gasteiger partial charge in [0.1, 0.15) is 5.78 Å². The Hall–Kier alpha value is -2.95. The highest BCUT2D eigenvalue weighted by Gasteiger charge is 2.34. The highest BCUT2D eigenvalue weighted by molar-refractivity contribution is 5.89. The van der Waals surface area contributed by atoms with Crippen molar-refractivity contribution in [1.29, 1.82) is 0 Å². The molecule has 0 radical (unpaired) electrons. The zero-order valence-electron chi connectivity index (χ0n) is 19.1. The molecule has 0 heterocycles. The van der Waals surface area contributed by atoms with Crippen LogP contribution < -0.4 is 0 Å². The van der Waals surface area contributed by atoms with Crippen molar-refractivity contribution in [3.05, 3.63) is 71.3 Å². The minimum absolute atomic E-state index is 0.0362. The number of ether oxygens (including phenoxy) is 2. The summed E-state index contributed by atoms with van der Waals surface area (Å²) in [6.07, 6.45) is 2.80. The van der Waals surface area contributed by atoms with Crippen molar-refractivity contribution in [2.45, 2.75) is 52.6 Å². The topological polar surface area (TPSA) is 69.7 Å². The van der Waals surface area contributed by atoms with Gasteiger partial charge in [0, 0.05) is 5.92 Å². The van der Waals surface area contributed by atoms with Gasteiger partial charge in [-0.1, -0.05) is 55.8 Å². The Morgan fingerprint density at radius 1 is 0.969 bits per heavy atom. The standard InChI is InChI=1S/C27H32O5/c1-4-31-26(29)22-15-13-21(14-16-22)25(20-9-6-5-7-10-20)32-27(30)24-12-8-11-23(17-24)18(2)19(3)28/h5-7,9-10,13-16,18,23-25H,4,8,11-12,17H2,1-3H3. The van der Waals surface area contributed by atoms with Gasteiger partial charge in [-0.25, -0.2) is 4.79 Å². The summed E-state index contributed by atoms with van der Waals surface area (Å²) in [4.78, 5) is 37.0. The maximum Gasteiger partial charge on any atom is 0.338 e. The molecule has 1 aliphatic carbocycles. The quantitative estimate of drug-likeness (QED) is 0.509. The minimum Gasteiger partial charge on any atom is -0.462 e. The van der Waals surface area contributed by atoms with Crippen molar-refractivity contribution in [3.8, 4) is 0 Å². The Balaban J connectivity index is 1.79. The molecule has 170 valence electrons. The Labute approximate surface area is 190 Å². The molecule has 0 saturated heterocycles. The molecule has 0 bridgehead atoms. The van der Waals surface area contributed by atoms with Crippen LogP contribution in [0.4, 0.5) is 0 Å². The van der Waals surface area contributed by atoms with Crippen LogP contribution in [0.25, 0.3) is 0 Å². The van der Waals surface area contributed by atoms with E-state index in [2.05, 4.69) is 0 Å². The van der Waals surface area contributed by atoms with Crippen molar-refractivity contribution >= 4 is 17.7 Å². The third kappa shape index (κ3) is 5.84. The number of esters is 2. The third-order valence-electron chi connectivity index (χ3n) is 6.46. The maximum atomic E-state index is 13.2. The van der Waals surface area contributed by atoms with E-state index in [1.807, 2.05) is 37.3 Å². The molecular formula is C27H32O5. The van der Waals surface area contributed by atoms with Gasteiger partial charge in [-0.2, -0.15) is 0 Å². The van der Waals surface area contributed by atoms with Crippen LogP contribution in [-0.2, 0) is 19.1 Å². The summed E-state index contributed by atoms with van der Waals surface area (Å²) in [5.74, 6) is -0.453. The van der Waals surface area contributed by atoms with Crippen molar-refractivity contribution < 1.29 is 23.9 Å². The second-order valence-corrected chi connectivity index (χ2v) is 8.59. The van der Waals surface area contributed by atoms with Gasteiger partial charge < -0.3 is 9.47 Å². The van der Waals surface area contributed by atoms with Crippen LogP contribution in [0.15, 0.2) is 54.6 Å². The van der Waals surface area contributed by atoms with E-state index in [9.17, 15) is 14.4 Å². The Morgan fingerprint density at radius 3 is 2.25 bits per heavy atom. The van der Waals surface area contributed by atoms with Crippen molar-refractivity contribution in [2.24, 2.45) is 17.8 Å². The number of carbonyl (C=O) groups excluding carboxylic acids is 3. The number of Topliss-reactive ketones (excluding diaryl/α,β-unsaturated/α-hetero) is 1. The number of rotatable bonds is 8. The van der Waals surface area contributed by atoms with Crippen LogP contribution in [0, 0.1) is 17.8 Å². The fourth-order valence-electron chi connectivity index (χ4n) is 4.40. The van der Waals surface area contributed by atoms with E-state index in [-0.39, 0.29) is 35.5 Å². The van der Waals surface area contributed by atoms with E-state index in [1.54, 1.807) is 38.1 Å². The van der Waals surface area contributed by atoms with Crippen LogP contribution in [0.1, 0.15) is 74.0 Å². The van der Waals surface area contributed by atoms with E-state index in [0.29, 0.717) is 18.6 Å². The lowest BCUT2D eigenvalue weighted by molar-refractivity contribution is -0.155. The van der Waals surface area contributed by atoms with Crippen molar-refractivity contribution in [2.75, 3.05) is 6.61 Å². The molecule has 3 rings (SSSR count). The fourth-order valence-corrected chi connectivity index (χ4v) is 4.40. The fraction of sp³-hybridized carbons (Fsp3) is 0.444. The Bertz CT molecular complexity index is 919. The molecule has 4 atom stereocenters. The number of benzene rings is 2. The van der Waals surface area contributed by atoms with E-state index in [4.69, 9.17) is 9.47 Å². The molecule has 0 aromatic heterocycles. The van der Waals surface area contributed by atoms with Gasteiger partial charge in [-0.3, -0.25) is 9.59 Å². The molecule has 1 aliphatic rings. The Morgan fingerprint density at radius 2 is 1.62 bits per heavy atom. The zero-order chi connectivity index (χ0) is 23.1. The second kappa shape index (κ2) is 11.1. The monoisotopic (exact) mass is 436 g/mol. The second-order valence-electron chi connectivity index (χ2n) is 8.59. The van der Waals surface area contributed by atoms with Crippen LogP contribution in [-0.4, -0.2) is 24.3 Å². The number of hydrogen-bond acceptors (Lipinski definition) is 5. The molecule has 1 saturated carbocycles. The first-order valence-corrected chi connectivity index (χ1v) is 11.4. The molecule has 2 aromatic carbocycles. The zero-order valence-corrected chi connectivity index (χ0v) is 19.1. The largest absolute Gasteiger partial charge is 0.462 e.